The molecular weight excluding hydrogens is 308 g/mol. The molecule has 6 heteroatoms. The molecule has 0 bridgehead atoms. The summed E-state index contributed by atoms with van der Waals surface area (Å²) in [6, 6.07) is 0.410. The summed E-state index contributed by atoms with van der Waals surface area (Å²) in [4.78, 5) is 26.4. The van der Waals surface area contributed by atoms with Crippen LogP contribution in [0.15, 0.2) is 0 Å². The Morgan fingerprint density at radius 2 is 1.92 bits per heavy atom. The number of hydrogen-bond acceptors (Lipinski definition) is 4. The summed E-state index contributed by atoms with van der Waals surface area (Å²) in [6.07, 6.45) is 6.73. The van der Waals surface area contributed by atoms with Crippen LogP contribution < -0.4 is 5.32 Å². The zero-order valence-electron chi connectivity index (χ0n) is 14.7. The van der Waals surface area contributed by atoms with E-state index in [-0.39, 0.29) is 23.8 Å². The van der Waals surface area contributed by atoms with Crippen LogP contribution in [-0.2, 0) is 19.1 Å². The van der Waals surface area contributed by atoms with Gasteiger partial charge in [-0.25, -0.2) is 0 Å². The van der Waals surface area contributed by atoms with Gasteiger partial charge in [-0.2, -0.15) is 0 Å². The van der Waals surface area contributed by atoms with Crippen molar-refractivity contribution in [1.29, 1.82) is 0 Å². The van der Waals surface area contributed by atoms with E-state index in [9.17, 15) is 9.59 Å². The van der Waals surface area contributed by atoms with Gasteiger partial charge in [0.1, 0.15) is 6.10 Å². The fraction of sp³-hybridized carbons (Fsp3) is 0.889. The number of ether oxygens (including phenoxy) is 2. The van der Waals surface area contributed by atoms with Crippen molar-refractivity contribution in [1.82, 2.24) is 10.2 Å². The highest BCUT2D eigenvalue weighted by atomic mass is 16.5. The number of likely N-dealkylation sites (tertiary alicyclic amines) is 1. The lowest BCUT2D eigenvalue weighted by Crippen LogP contribution is -2.47. The third kappa shape index (κ3) is 4.93. The van der Waals surface area contributed by atoms with Crippen LogP contribution in [0.4, 0.5) is 0 Å². The average molecular weight is 338 g/mol. The zero-order valence-corrected chi connectivity index (χ0v) is 14.7. The molecule has 3 fully saturated rings. The molecule has 2 atom stereocenters. The number of rotatable bonds is 6. The molecule has 0 aromatic rings. The van der Waals surface area contributed by atoms with Crippen LogP contribution in [0.2, 0.25) is 0 Å². The summed E-state index contributed by atoms with van der Waals surface area (Å²) < 4.78 is 11.4. The van der Waals surface area contributed by atoms with E-state index in [4.69, 9.17) is 9.47 Å². The van der Waals surface area contributed by atoms with Gasteiger partial charge >= 0.3 is 0 Å². The highest BCUT2D eigenvalue weighted by molar-refractivity contribution is 5.82. The Hall–Kier alpha value is -1.14. The van der Waals surface area contributed by atoms with Gasteiger partial charge < -0.3 is 19.7 Å². The van der Waals surface area contributed by atoms with E-state index < -0.39 is 6.10 Å². The molecule has 1 N–H and O–H groups in total. The van der Waals surface area contributed by atoms with Crippen molar-refractivity contribution in [2.75, 3.05) is 26.3 Å². The first kappa shape index (κ1) is 17.7. The van der Waals surface area contributed by atoms with Crippen molar-refractivity contribution in [2.24, 2.45) is 5.92 Å². The van der Waals surface area contributed by atoms with Gasteiger partial charge in [0, 0.05) is 31.7 Å². The van der Waals surface area contributed by atoms with Gasteiger partial charge in [0.25, 0.3) is 5.91 Å². The number of nitrogens with zero attached hydrogens (tertiary/aromatic N) is 1. The lowest BCUT2D eigenvalue weighted by atomic mass is 9.95. The van der Waals surface area contributed by atoms with Gasteiger partial charge in [0.05, 0.1) is 12.7 Å². The minimum absolute atomic E-state index is 0.0341. The number of carbonyl (C=O) groups excluding carboxylic acids is 2. The van der Waals surface area contributed by atoms with Crippen molar-refractivity contribution in [3.05, 3.63) is 0 Å². The van der Waals surface area contributed by atoms with Crippen molar-refractivity contribution in [3.63, 3.8) is 0 Å². The Balaban J connectivity index is 1.36. The number of amides is 2. The van der Waals surface area contributed by atoms with Crippen LogP contribution in [0.3, 0.4) is 0 Å². The predicted molar refractivity (Wildman–Crippen MR) is 89.5 cm³/mol. The fourth-order valence-electron chi connectivity index (χ4n) is 3.43. The molecule has 2 saturated heterocycles. The lowest BCUT2D eigenvalue weighted by molar-refractivity contribution is -0.148. The van der Waals surface area contributed by atoms with Gasteiger partial charge in [-0.3, -0.25) is 9.59 Å². The van der Waals surface area contributed by atoms with Gasteiger partial charge in [0.2, 0.25) is 5.91 Å². The third-order valence-corrected chi connectivity index (χ3v) is 5.26. The van der Waals surface area contributed by atoms with Crippen molar-refractivity contribution in [2.45, 2.75) is 70.1 Å². The van der Waals surface area contributed by atoms with E-state index in [1.807, 2.05) is 11.8 Å². The molecule has 1 saturated carbocycles. The molecule has 3 rings (SSSR count). The Morgan fingerprint density at radius 1 is 1.17 bits per heavy atom. The molecule has 0 spiro atoms. The van der Waals surface area contributed by atoms with E-state index in [1.165, 1.54) is 6.42 Å². The molecule has 0 aromatic heterocycles. The highest BCUT2D eigenvalue weighted by Crippen LogP contribution is 2.23. The molecule has 2 heterocycles. The maximum Gasteiger partial charge on any atom is 0.251 e. The first-order valence-corrected chi connectivity index (χ1v) is 9.46. The van der Waals surface area contributed by atoms with Crippen LogP contribution in [0, 0.1) is 5.92 Å². The largest absolute Gasteiger partial charge is 0.376 e. The van der Waals surface area contributed by atoms with Gasteiger partial charge in [0.15, 0.2) is 0 Å². The van der Waals surface area contributed by atoms with Gasteiger partial charge in [-0.1, -0.05) is 0 Å². The summed E-state index contributed by atoms with van der Waals surface area (Å²) in [7, 11) is 0. The smallest absolute Gasteiger partial charge is 0.251 e. The molecule has 6 nitrogen and oxygen atoms in total. The van der Waals surface area contributed by atoms with Gasteiger partial charge in [-0.05, 0) is 51.9 Å². The van der Waals surface area contributed by atoms with Crippen molar-refractivity contribution >= 4 is 11.8 Å². The number of piperidine rings is 1. The zero-order chi connectivity index (χ0) is 16.9. The standard InChI is InChI=1S/C18H30N2O4/c1-13(24-12-16-4-2-3-11-23-16)18(22)20-9-7-14(8-10-20)17(21)19-15-5-6-15/h13-16H,2-12H2,1H3,(H,19,21). The first-order chi connectivity index (χ1) is 11.6. The number of hydrogen-bond donors (Lipinski definition) is 1. The monoisotopic (exact) mass is 338 g/mol. The summed E-state index contributed by atoms with van der Waals surface area (Å²) in [5.41, 5.74) is 0. The Bertz CT molecular complexity index is 438. The van der Waals surface area contributed by atoms with Crippen LogP contribution in [0.5, 0.6) is 0 Å². The van der Waals surface area contributed by atoms with E-state index in [2.05, 4.69) is 5.32 Å². The van der Waals surface area contributed by atoms with Crippen LogP contribution >= 0.6 is 0 Å². The molecule has 1 aliphatic carbocycles. The van der Waals surface area contributed by atoms with Crippen LogP contribution in [0.25, 0.3) is 0 Å². The van der Waals surface area contributed by atoms with Crippen molar-refractivity contribution < 1.29 is 19.1 Å². The molecule has 136 valence electrons. The SMILES string of the molecule is CC(OCC1CCCCO1)C(=O)N1CCC(C(=O)NC2CC2)CC1. The van der Waals surface area contributed by atoms with E-state index in [1.54, 1.807) is 0 Å². The molecule has 2 amide bonds. The van der Waals surface area contributed by atoms with E-state index >= 15 is 0 Å². The topological polar surface area (TPSA) is 67.9 Å². The summed E-state index contributed by atoms with van der Waals surface area (Å²) in [5.74, 6) is 0.261. The quantitative estimate of drug-likeness (QED) is 0.796. The maximum atomic E-state index is 12.5. The number of carbonyl (C=O) groups is 2. The molecule has 0 aromatic carbocycles. The second kappa shape index (κ2) is 8.30. The second-order valence-electron chi connectivity index (χ2n) is 7.35. The molecule has 3 aliphatic rings. The van der Waals surface area contributed by atoms with Gasteiger partial charge in [-0.15, -0.1) is 0 Å². The number of nitrogens with one attached hydrogen (secondary N) is 1. The second-order valence-corrected chi connectivity index (χ2v) is 7.35. The predicted octanol–water partition coefficient (Wildman–Crippen LogP) is 1.48. The normalized spacial score (nSPS) is 26.9. The fourth-order valence-corrected chi connectivity index (χ4v) is 3.43. The average Bonchev–Trinajstić information content (AvgIpc) is 3.44. The lowest BCUT2D eigenvalue weighted by Gasteiger charge is -2.33. The molecule has 2 unspecified atom stereocenters. The summed E-state index contributed by atoms with van der Waals surface area (Å²) in [6.45, 7) is 4.40. The summed E-state index contributed by atoms with van der Waals surface area (Å²) >= 11 is 0. The molecule has 2 aliphatic heterocycles. The Labute approximate surface area is 144 Å². The van der Waals surface area contributed by atoms with Crippen LogP contribution in [0.1, 0.15) is 51.9 Å². The molecule has 24 heavy (non-hydrogen) atoms. The minimum atomic E-state index is -0.438. The summed E-state index contributed by atoms with van der Waals surface area (Å²) in [5, 5.41) is 3.07. The van der Waals surface area contributed by atoms with Crippen LogP contribution in [-0.4, -0.2) is 61.3 Å². The maximum absolute atomic E-state index is 12.5. The highest BCUT2D eigenvalue weighted by Gasteiger charge is 2.32. The first-order valence-electron chi connectivity index (χ1n) is 9.46. The van der Waals surface area contributed by atoms with E-state index in [0.717, 1.165) is 45.1 Å². The van der Waals surface area contributed by atoms with E-state index in [0.29, 0.717) is 25.7 Å². The molecule has 0 radical (unpaired) electrons. The molecular formula is C18H30N2O4. The Morgan fingerprint density at radius 3 is 2.54 bits per heavy atom. The minimum Gasteiger partial charge on any atom is -0.376 e. The third-order valence-electron chi connectivity index (χ3n) is 5.26. The Kier molecular flexibility index (Phi) is 6.11. The van der Waals surface area contributed by atoms with Crippen molar-refractivity contribution in [3.8, 4) is 0 Å².